The van der Waals surface area contributed by atoms with Crippen LogP contribution in [0.25, 0.3) is 0 Å². The average molecular weight is 153 g/mol. The van der Waals surface area contributed by atoms with Crippen molar-refractivity contribution in [3.63, 3.8) is 0 Å². The summed E-state index contributed by atoms with van der Waals surface area (Å²) >= 11 is 0. The molecule has 1 radical (unpaired) electrons. The fourth-order valence-electron chi connectivity index (χ4n) is 2.03. The zero-order valence-corrected chi connectivity index (χ0v) is 6.97. The molecule has 2 aliphatic heterocycles. The van der Waals surface area contributed by atoms with Crippen LogP contribution in [-0.4, -0.2) is 25.2 Å². The second-order valence-corrected chi connectivity index (χ2v) is 3.60. The van der Waals surface area contributed by atoms with Crippen LogP contribution < -0.4 is 10.6 Å². The first-order chi connectivity index (χ1) is 5.45. The Hall–Kier alpha value is -0.0800. The number of hydrogen-bond donors (Lipinski definition) is 2. The van der Waals surface area contributed by atoms with Crippen molar-refractivity contribution in [3.05, 3.63) is 6.42 Å². The van der Waals surface area contributed by atoms with Crippen molar-refractivity contribution >= 4 is 0 Å². The minimum Gasteiger partial charge on any atom is -0.314 e. The second-order valence-electron chi connectivity index (χ2n) is 3.60. The lowest BCUT2D eigenvalue weighted by molar-refractivity contribution is 0.573. The first kappa shape index (κ1) is 7.56. The summed E-state index contributed by atoms with van der Waals surface area (Å²) in [5.41, 5.74) is 0. The van der Waals surface area contributed by atoms with Gasteiger partial charge in [0.15, 0.2) is 0 Å². The van der Waals surface area contributed by atoms with Crippen LogP contribution in [0.1, 0.15) is 25.7 Å². The maximum atomic E-state index is 3.49. The highest BCUT2D eigenvalue weighted by Crippen LogP contribution is 2.15. The molecular weight excluding hydrogens is 136 g/mol. The van der Waals surface area contributed by atoms with Gasteiger partial charge in [0.25, 0.3) is 0 Å². The first-order valence-electron chi connectivity index (χ1n) is 4.77. The molecule has 0 aromatic rings. The standard InChI is InChI=1S/C9H17N2/c1-3-8(10-5-1)7-9-4-2-6-11-9/h7-11H,1-6H2/t8-,9?/m1/s1. The molecule has 2 atom stereocenters. The molecule has 0 aromatic carbocycles. The van der Waals surface area contributed by atoms with Crippen molar-refractivity contribution in [1.82, 2.24) is 10.6 Å². The third-order valence-corrected chi connectivity index (χ3v) is 2.66. The van der Waals surface area contributed by atoms with Gasteiger partial charge in [-0.3, -0.25) is 0 Å². The molecule has 11 heavy (non-hydrogen) atoms. The zero-order chi connectivity index (χ0) is 7.52. The molecule has 0 bridgehead atoms. The van der Waals surface area contributed by atoms with Crippen LogP contribution in [0.2, 0.25) is 0 Å². The van der Waals surface area contributed by atoms with E-state index in [-0.39, 0.29) is 0 Å². The average Bonchev–Trinajstić information content (AvgIpc) is 2.60. The molecule has 2 saturated heterocycles. The second kappa shape index (κ2) is 3.55. The van der Waals surface area contributed by atoms with Crippen LogP contribution >= 0.6 is 0 Å². The van der Waals surface area contributed by atoms with Crippen LogP contribution in [0.4, 0.5) is 0 Å². The van der Waals surface area contributed by atoms with Gasteiger partial charge in [-0.25, -0.2) is 0 Å². The van der Waals surface area contributed by atoms with Gasteiger partial charge in [0.2, 0.25) is 0 Å². The van der Waals surface area contributed by atoms with Crippen LogP contribution in [-0.2, 0) is 0 Å². The summed E-state index contributed by atoms with van der Waals surface area (Å²) in [6.45, 7) is 2.43. The first-order valence-corrected chi connectivity index (χ1v) is 4.77. The van der Waals surface area contributed by atoms with Gasteiger partial charge < -0.3 is 10.6 Å². The van der Waals surface area contributed by atoms with E-state index in [2.05, 4.69) is 17.1 Å². The van der Waals surface area contributed by atoms with Gasteiger partial charge in [0, 0.05) is 12.1 Å². The van der Waals surface area contributed by atoms with E-state index in [1.54, 1.807) is 0 Å². The summed E-state index contributed by atoms with van der Waals surface area (Å²) in [4.78, 5) is 0. The van der Waals surface area contributed by atoms with Crippen molar-refractivity contribution in [2.75, 3.05) is 13.1 Å². The lowest BCUT2D eigenvalue weighted by Crippen LogP contribution is -2.32. The van der Waals surface area contributed by atoms with Crippen LogP contribution in [0, 0.1) is 6.42 Å². The third kappa shape index (κ3) is 1.94. The zero-order valence-electron chi connectivity index (χ0n) is 6.97. The predicted octanol–water partition coefficient (Wildman–Crippen LogP) is 0.695. The SMILES string of the molecule is [CH](C1CCCN1)[C@H]1CCCN1. The fourth-order valence-corrected chi connectivity index (χ4v) is 2.03. The van der Waals surface area contributed by atoms with E-state index in [0.717, 1.165) is 0 Å². The molecule has 0 aromatic heterocycles. The van der Waals surface area contributed by atoms with E-state index < -0.39 is 0 Å². The molecular formula is C9H17N2. The van der Waals surface area contributed by atoms with Crippen molar-refractivity contribution < 1.29 is 0 Å². The van der Waals surface area contributed by atoms with Gasteiger partial charge in [0.1, 0.15) is 0 Å². The van der Waals surface area contributed by atoms with Crippen molar-refractivity contribution in [2.24, 2.45) is 0 Å². The lowest BCUT2D eigenvalue weighted by atomic mass is 10.0. The molecule has 63 valence electrons. The molecule has 2 N–H and O–H groups in total. The number of hydrogen-bond acceptors (Lipinski definition) is 2. The van der Waals surface area contributed by atoms with E-state index in [9.17, 15) is 0 Å². The Morgan fingerprint density at radius 3 is 1.82 bits per heavy atom. The Morgan fingerprint density at radius 2 is 1.45 bits per heavy atom. The number of nitrogens with one attached hydrogen (secondary N) is 2. The summed E-state index contributed by atoms with van der Waals surface area (Å²) in [5.74, 6) is 0. The van der Waals surface area contributed by atoms with E-state index in [4.69, 9.17) is 0 Å². The third-order valence-electron chi connectivity index (χ3n) is 2.66. The normalized spacial score (nSPS) is 38.2. The van der Waals surface area contributed by atoms with Gasteiger partial charge >= 0.3 is 0 Å². The van der Waals surface area contributed by atoms with Crippen molar-refractivity contribution in [3.8, 4) is 0 Å². The van der Waals surface area contributed by atoms with E-state index >= 15 is 0 Å². The molecule has 2 fully saturated rings. The Labute approximate surface area is 68.7 Å². The summed E-state index contributed by atoms with van der Waals surface area (Å²) in [6.07, 6.45) is 7.86. The Bertz CT molecular complexity index is 98.7. The molecule has 2 heteroatoms. The molecule has 2 aliphatic rings. The topological polar surface area (TPSA) is 24.1 Å². The van der Waals surface area contributed by atoms with E-state index in [1.165, 1.54) is 38.8 Å². The highest BCUT2D eigenvalue weighted by Gasteiger charge is 2.21. The van der Waals surface area contributed by atoms with Crippen LogP contribution in [0.5, 0.6) is 0 Å². The predicted molar refractivity (Wildman–Crippen MR) is 46.3 cm³/mol. The molecule has 0 saturated carbocycles. The summed E-state index contributed by atoms with van der Waals surface area (Å²) in [5, 5.41) is 6.98. The van der Waals surface area contributed by atoms with Crippen molar-refractivity contribution in [1.29, 1.82) is 0 Å². The maximum absolute atomic E-state index is 3.49. The summed E-state index contributed by atoms with van der Waals surface area (Å²) < 4.78 is 0. The quantitative estimate of drug-likeness (QED) is 0.610. The fraction of sp³-hybridized carbons (Fsp3) is 0.889. The highest BCUT2D eigenvalue weighted by atomic mass is 15.0. The molecule has 2 rings (SSSR count). The van der Waals surface area contributed by atoms with E-state index in [0.29, 0.717) is 12.1 Å². The monoisotopic (exact) mass is 153 g/mol. The van der Waals surface area contributed by atoms with Gasteiger partial charge in [-0.05, 0) is 45.2 Å². The lowest BCUT2D eigenvalue weighted by Gasteiger charge is -2.14. The Morgan fingerprint density at radius 1 is 0.909 bits per heavy atom. The molecule has 2 heterocycles. The smallest absolute Gasteiger partial charge is 0.0114 e. The van der Waals surface area contributed by atoms with Gasteiger partial charge in [-0.15, -0.1) is 0 Å². The summed E-state index contributed by atoms with van der Waals surface area (Å²) in [7, 11) is 0. The maximum Gasteiger partial charge on any atom is 0.0114 e. The van der Waals surface area contributed by atoms with Gasteiger partial charge in [-0.2, -0.15) is 0 Å². The molecule has 0 amide bonds. The molecule has 1 unspecified atom stereocenters. The van der Waals surface area contributed by atoms with Gasteiger partial charge in [-0.1, -0.05) is 0 Å². The Balaban J connectivity index is 1.71. The number of rotatable bonds is 2. The highest BCUT2D eigenvalue weighted by molar-refractivity contribution is 4.97. The molecule has 0 aliphatic carbocycles. The van der Waals surface area contributed by atoms with Crippen molar-refractivity contribution in [2.45, 2.75) is 37.8 Å². The van der Waals surface area contributed by atoms with Crippen LogP contribution in [0.3, 0.4) is 0 Å². The molecule has 2 nitrogen and oxygen atoms in total. The Kier molecular flexibility index (Phi) is 2.44. The largest absolute Gasteiger partial charge is 0.314 e. The summed E-state index contributed by atoms with van der Waals surface area (Å²) in [6, 6.07) is 1.40. The van der Waals surface area contributed by atoms with Crippen LogP contribution in [0.15, 0.2) is 0 Å². The van der Waals surface area contributed by atoms with Gasteiger partial charge in [0.05, 0.1) is 0 Å². The molecule has 0 spiro atoms. The minimum atomic E-state index is 0.700. The van der Waals surface area contributed by atoms with E-state index in [1.807, 2.05) is 0 Å². The minimum absolute atomic E-state index is 0.700.